The van der Waals surface area contributed by atoms with Crippen molar-refractivity contribution < 1.29 is 0 Å². The summed E-state index contributed by atoms with van der Waals surface area (Å²) in [5.74, 6) is 0.635. The van der Waals surface area contributed by atoms with Crippen LogP contribution in [0.25, 0.3) is 11.0 Å². The van der Waals surface area contributed by atoms with Gasteiger partial charge in [-0.05, 0) is 23.3 Å². The molecule has 3 aromatic carbocycles. The number of anilines is 1. The Morgan fingerprint density at radius 3 is 1.88 bits per heavy atom. The zero-order chi connectivity index (χ0) is 16.4. The fraction of sp³-hybridized carbons (Fsp3) is 0.0500. The standard InChI is InChI=1S/C20H16ClN3/c21-24(20-22-17-13-7-8-14-18(17)23-20)19(15-9-3-1-4-10-15)16-11-5-2-6-12-16/h1-14,19H,(H,22,23). The van der Waals surface area contributed by atoms with Gasteiger partial charge in [-0.2, -0.15) is 0 Å². The molecular weight excluding hydrogens is 318 g/mol. The molecule has 4 heteroatoms. The molecule has 0 bridgehead atoms. The topological polar surface area (TPSA) is 31.9 Å². The van der Waals surface area contributed by atoms with Crippen molar-refractivity contribution in [2.24, 2.45) is 0 Å². The zero-order valence-electron chi connectivity index (χ0n) is 12.9. The Bertz CT molecular complexity index is 862. The summed E-state index contributed by atoms with van der Waals surface area (Å²) in [7, 11) is 0. The third kappa shape index (κ3) is 2.74. The summed E-state index contributed by atoms with van der Waals surface area (Å²) < 4.78 is 1.67. The second-order valence-electron chi connectivity index (χ2n) is 5.61. The van der Waals surface area contributed by atoms with Crippen LogP contribution in [0.4, 0.5) is 5.95 Å². The van der Waals surface area contributed by atoms with Gasteiger partial charge in [0.2, 0.25) is 5.95 Å². The predicted molar refractivity (Wildman–Crippen MR) is 99.2 cm³/mol. The summed E-state index contributed by atoms with van der Waals surface area (Å²) in [6.45, 7) is 0. The van der Waals surface area contributed by atoms with E-state index in [1.54, 1.807) is 4.42 Å². The Labute approximate surface area is 145 Å². The minimum absolute atomic E-state index is 0.130. The molecule has 0 amide bonds. The molecule has 0 aliphatic rings. The molecule has 0 radical (unpaired) electrons. The van der Waals surface area contributed by atoms with Gasteiger partial charge in [0.25, 0.3) is 0 Å². The van der Waals surface area contributed by atoms with Gasteiger partial charge >= 0.3 is 0 Å². The lowest BCUT2D eigenvalue weighted by atomic mass is 9.99. The van der Waals surface area contributed by atoms with E-state index in [1.165, 1.54) is 0 Å². The molecule has 0 spiro atoms. The van der Waals surface area contributed by atoms with Gasteiger partial charge in [0.05, 0.1) is 17.1 Å². The van der Waals surface area contributed by atoms with Gasteiger partial charge in [0.15, 0.2) is 0 Å². The number of halogens is 1. The van der Waals surface area contributed by atoms with E-state index >= 15 is 0 Å². The first-order valence-electron chi connectivity index (χ1n) is 7.82. The second kappa shape index (κ2) is 6.38. The van der Waals surface area contributed by atoms with Crippen LogP contribution in [0.1, 0.15) is 17.2 Å². The maximum atomic E-state index is 6.75. The first kappa shape index (κ1) is 14.8. The van der Waals surface area contributed by atoms with Crippen molar-refractivity contribution in [3.8, 4) is 0 Å². The molecule has 0 aliphatic heterocycles. The molecule has 0 unspecified atom stereocenters. The Kier molecular flexibility index (Phi) is 3.93. The van der Waals surface area contributed by atoms with Crippen molar-refractivity contribution in [3.63, 3.8) is 0 Å². The molecule has 4 aromatic rings. The van der Waals surface area contributed by atoms with Gasteiger partial charge < -0.3 is 4.98 Å². The van der Waals surface area contributed by atoms with Gasteiger partial charge in [-0.25, -0.2) is 9.40 Å². The van der Waals surface area contributed by atoms with Crippen molar-refractivity contribution in [2.75, 3.05) is 4.42 Å². The molecule has 0 fully saturated rings. The van der Waals surface area contributed by atoms with Crippen LogP contribution in [0.2, 0.25) is 0 Å². The Morgan fingerprint density at radius 2 is 1.29 bits per heavy atom. The molecule has 1 N–H and O–H groups in total. The summed E-state index contributed by atoms with van der Waals surface area (Å²) in [5.41, 5.74) is 4.09. The van der Waals surface area contributed by atoms with E-state index in [2.05, 4.69) is 34.2 Å². The summed E-state index contributed by atoms with van der Waals surface area (Å²) in [6, 6.07) is 28.2. The number of nitrogens with one attached hydrogen (secondary N) is 1. The van der Waals surface area contributed by atoms with Crippen LogP contribution in [-0.2, 0) is 0 Å². The average Bonchev–Trinajstić information content (AvgIpc) is 3.08. The summed E-state index contributed by atoms with van der Waals surface area (Å²) >= 11 is 6.75. The van der Waals surface area contributed by atoms with E-state index in [0.717, 1.165) is 22.2 Å². The SMILES string of the molecule is ClN(c1nc2ccccc2[nH]1)C(c1ccccc1)c1ccccc1. The van der Waals surface area contributed by atoms with Gasteiger partial charge in [-0.3, -0.25) is 0 Å². The number of hydrogen-bond acceptors (Lipinski definition) is 2. The molecule has 118 valence electrons. The van der Waals surface area contributed by atoms with E-state index in [9.17, 15) is 0 Å². The molecule has 3 nitrogen and oxygen atoms in total. The third-order valence-electron chi connectivity index (χ3n) is 4.04. The first-order valence-corrected chi connectivity index (χ1v) is 8.16. The largest absolute Gasteiger partial charge is 0.323 e. The van der Waals surface area contributed by atoms with E-state index in [-0.39, 0.29) is 6.04 Å². The van der Waals surface area contributed by atoms with Crippen molar-refractivity contribution in [1.29, 1.82) is 0 Å². The lowest BCUT2D eigenvalue weighted by molar-refractivity contribution is 0.843. The monoisotopic (exact) mass is 333 g/mol. The van der Waals surface area contributed by atoms with Crippen molar-refractivity contribution in [1.82, 2.24) is 9.97 Å². The van der Waals surface area contributed by atoms with Crippen LogP contribution in [0, 0.1) is 0 Å². The highest BCUT2D eigenvalue weighted by Crippen LogP contribution is 2.33. The Hall–Kier alpha value is -2.78. The summed E-state index contributed by atoms with van der Waals surface area (Å²) in [5, 5.41) is 0. The van der Waals surface area contributed by atoms with Crippen LogP contribution in [0.3, 0.4) is 0 Å². The molecule has 0 aliphatic carbocycles. The number of nitrogens with zero attached hydrogens (tertiary/aromatic N) is 2. The number of H-pyrrole nitrogens is 1. The van der Waals surface area contributed by atoms with Crippen LogP contribution in [0.5, 0.6) is 0 Å². The van der Waals surface area contributed by atoms with Gasteiger partial charge in [0.1, 0.15) is 0 Å². The number of rotatable bonds is 4. The number of benzene rings is 3. The molecule has 1 aromatic heterocycles. The van der Waals surface area contributed by atoms with Gasteiger partial charge in [-0.15, -0.1) is 0 Å². The minimum Gasteiger partial charge on any atom is -0.323 e. The number of aromatic amines is 1. The Balaban J connectivity index is 1.80. The van der Waals surface area contributed by atoms with Gasteiger partial charge in [-0.1, -0.05) is 72.8 Å². The van der Waals surface area contributed by atoms with E-state index < -0.39 is 0 Å². The molecule has 0 saturated heterocycles. The van der Waals surface area contributed by atoms with Crippen molar-refractivity contribution >= 4 is 28.8 Å². The molecule has 1 heterocycles. The van der Waals surface area contributed by atoms with Crippen molar-refractivity contribution in [3.05, 3.63) is 96.1 Å². The number of aromatic nitrogens is 2. The Morgan fingerprint density at radius 1 is 0.750 bits per heavy atom. The lowest BCUT2D eigenvalue weighted by Crippen LogP contribution is -2.21. The smallest absolute Gasteiger partial charge is 0.219 e. The normalized spacial score (nSPS) is 11.1. The maximum Gasteiger partial charge on any atom is 0.219 e. The highest BCUT2D eigenvalue weighted by Gasteiger charge is 2.23. The highest BCUT2D eigenvalue weighted by molar-refractivity contribution is 6.25. The van der Waals surface area contributed by atoms with Crippen LogP contribution < -0.4 is 4.42 Å². The number of imidazole rings is 1. The van der Waals surface area contributed by atoms with E-state index in [0.29, 0.717) is 5.95 Å². The highest BCUT2D eigenvalue weighted by atomic mass is 35.5. The summed E-state index contributed by atoms with van der Waals surface area (Å²) in [4.78, 5) is 7.92. The molecule has 0 atom stereocenters. The predicted octanol–water partition coefficient (Wildman–Crippen LogP) is 5.31. The maximum absolute atomic E-state index is 6.75. The molecular formula is C20H16ClN3. The quantitative estimate of drug-likeness (QED) is 0.513. The summed E-state index contributed by atoms with van der Waals surface area (Å²) in [6.07, 6.45) is 0. The zero-order valence-corrected chi connectivity index (χ0v) is 13.7. The van der Waals surface area contributed by atoms with Crippen molar-refractivity contribution in [2.45, 2.75) is 6.04 Å². The third-order valence-corrected chi connectivity index (χ3v) is 4.39. The molecule has 4 rings (SSSR count). The van der Waals surface area contributed by atoms with Gasteiger partial charge in [0, 0.05) is 11.8 Å². The van der Waals surface area contributed by atoms with Crippen LogP contribution in [0.15, 0.2) is 84.9 Å². The van der Waals surface area contributed by atoms with Crippen LogP contribution in [-0.4, -0.2) is 9.97 Å². The number of hydrogen-bond donors (Lipinski definition) is 1. The average molecular weight is 334 g/mol. The van der Waals surface area contributed by atoms with E-state index in [1.807, 2.05) is 60.7 Å². The van der Waals surface area contributed by atoms with E-state index in [4.69, 9.17) is 11.8 Å². The minimum atomic E-state index is -0.130. The fourth-order valence-electron chi connectivity index (χ4n) is 2.89. The first-order chi connectivity index (χ1) is 11.8. The fourth-order valence-corrected chi connectivity index (χ4v) is 3.19. The second-order valence-corrected chi connectivity index (χ2v) is 5.98. The number of fused-ring (bicyclic) bond motifs is 1. The number of para-hydroxylation sites is 2. The lowest BCUT2D eigenvalue weighted by Gasteiger charge is -2.25. The molecule has 24 heavy (non-hydrogen) atoms. The van der Waals surface area contributed by atoms with Crippen LogP contribution >= 0.6 is 11.8 Å². The molecule has 0 saturated carbocycles.